The number of anilines is 2. The first-order valence-corrected chi connectivity index (χ1v) is 7.02. The Kier molecular flexibility index (Phi) is 2.86. The fourth-order valence-corrected chi connectivity index (χ4v) is 3.15. The molecule has 2 fully saturated rings. The van der Waals surface area contributed by atoms with Gasteiger partial charge in [-0.25, -0.2) is 0 Å². The van der Waals surface area contributed by atoms with Gasteiger partial charge in [0.25, 0.3) is 5.91 Å². The zero-order valence-corrected chi connectivity index (χ0v) is 11.5. The van der Waals surface area contributed by atoms with Gasteiger partial charge in [0.05, 0.1) is 16.3 Å². The number of primary amides is 1. The van der Waals surface area contributed by atoms with E-state index < -0.39 is 5.91 Å². The van der Waals surface area contributed by atoms with E-state index >= 15 is 0 Å². The molecule has 5 heteroatoms. The van der Waals surface area contributed by atoms with Gasteiger partial charge in [-0.3, -0.25) is 4.79 Å². The molecule has 5 N–H and O–H groups in total. The molecule has 0 aromatic heterocycles. The molecule has 0 bridgehead atoms. The van der Waals surface area contributed by atoms with Gasteiger partial charge in [0, 0.05) is 12.2 Å². The number of nitrogen functional groups attached to an aromatic ring is 1. The van der Waals surface area contributed by atoms with Gasteiger partial charge in [0.15, 0.2) is 0 Å². The van der Waals surface area contributed by atoms with Crippen LogP contribution in [0.2, 0.25) is 5.02 Å². The van der Waals surface area contributed by atoms with Crippen LogP contribution in [0.1, 0.15) is 36.0 Å². The number of carbonyl (C=O) groups excluding carboxylic acids is 1. The molecule has 0 atom stereocenters. The molecule has 2 saturated carbocycles. The maximum Gasteiger partial charge on any atom is 0.250 e. The van der Waals surface area contributed by atoms with E-state index in [0.717, 1.165) is 12.5 Å². The Hall–Kier alpha value is -1.42. The zero-order chi connectivity index (χ0) is 13.6. The molecule has 0 radical (unpaired) electrons. The molecule has 2 aliphatic rings. The lowest BCUT2D eigenvalue weighted by molar-refractivity contribution is 0.100. The summed E-state index contributed by atoms with van der Waals surface area (Å²) in [5.41, 5.74) is 13.0. The van der Waals surface area contributed by atoms with Crippen molar-refractivity contribution >= 4 is 28.9 Å². The number of hydrogen-bond acceptors (Lipinski definition) is 3. The Morgan fingerprint density at radius 3 is 2.63 bits per heavy atom. The SMILES string of the molecule is NC(=O)c1cc(N)cc(Cl)c1NCC1(C2CC2)CC1. The maximum absolute atomic E-state index is 11.5. The van der Waals surface area contributed by atoms with Gasteiger partial charge >= 0.3 is 0 Å². The molecular formula is C14H18ClN3O. The molecule has 19 heavy (non-hydrogen) atoms. The van der Waals surface area contributed by atoms with Crippen molar-refractivity contribution in [3.8, 4) is 0 Å². The summed E-state index contributed by atoms with van der Waals surface area (Å²) in [7, 11) is 0. The molecule has 0 saturated heterocycles. The second-order valence-corrected chi connectivity index (χ2v) is 6.19. The molecule has 1 aromatic rings. The number of rotatable bonds is 5. The minimum absolute atomic E-state index is 0.372. The van der Waals surface area contributed by atoms with Crippen LogP contribution < -0.4 is 16.8 Å². The van der Waals surface area contributed by atoms with Crippen molar-refractivity contribution in [1.29, 1.82) is 0 Å². The van der Waals surface area contributed by atoms with Gasteiger partial charge in [-0.05, 0) is 49.1 Å². The van der Waals surface area contributed by atoms with Gasteiger partial charge in [-0.15, -0.1) is 0 Å². The van der Waals surface area contributed by atoms with Crippen LogP contribution in [0.4, 0.5) is 11.4 Å². The molecule has 4 nitrogen and oxygen atoms in total. The van der Waals surface area contributed by atoms with E-state index in [-0.39, 0.29) is 0 Å². The van der Waals surface area contributed by atoms with Crippen LogP contribution >= 0.6 is 11.6 Å². The predicted molar refractivity (Wildman–Crippen MR) is 77.3 cm³/mol. The van der Waals surface area contributed by atoms with E-state index in [2.05, 4.69) is 5.32 Å². The first-order valence-electron chi connectivity index (χ1n) is 6.64. The molecule has 1 aromatic carbocycles. The van der Waals surface area contributed by atoms with Gasteiger partial charge < -0.3 is 16.8 Å². The van der Waals surface area contributed by atoms with Gasteiger partial charge in [-0.1, -0.05) is 11.6 Å². The number of halogens is 1. The summed E-state index contributed by atoms with van der Waals surface area (Å²) in [6, 6.07) is 3.22. The Morgan fingerprint density at radius 2 is 2.11 bits per heavy atom. The predicted octanol–water partition coefficient (Wildman–Crippen LogP) is 2.62. The van der Waals surface area contributed by atoms with Crippen LogP contribution in [0.3, 0.4) is 0 Å². The highest BCUT2D eigenvalue weighted by Crippen LogP contribution is 2.61. The number of nitrogens with two attached hydrogens (primary N) is 2. The van der Waals surface area contributed by atoms with E-state index in [1.54, 1.807) is 12.1 Å². The lowest BCUT2D eigenvalue weighted by Crippen LogP contribution is -2.21. The number of carbonyl (C=O) groups is 1. The van der Waals surface area contributed by atoms with Crippen LogP contribution in [0, 0.1) is 11.3 Å². The summed E-state index contributed by atoms with van der Waals surface area (Å²) < 4.78 is 0. The molecule has 3 rings (SSSR count). The Bertz CT molecular complexity index is 536. The zero-order valence-electron chi connectivity index (χ0n) is 10.7. The molecule has 0 unspecified atom stereocenters. The van der Waals surface area contributed by atoms with Crippen molar-refractivity contribution in [2.45, 2.75) is 25.7 Å². The second-order valence-electron chi connectivity index (χ2n) is 5.78. The highest BCUT2D eigenvalue weighted by atomic mass is 35.5. The van der Waals surface area contributed by atoms with Gasteiger partial charge in [-0.2, -0.15) is 0 Å². The lowest BCUT2D eigenvalue weighted by atomic mass is 10.0. The van der Waals surface area contributed by atoms with Crippen LogP contribution in [0.25, 0.3) is 0 Å². The smallest absolute Gasteiger partial charge is 0.250 e. The highest BCUT2D eigenvalue weighted by Gasteiger charge is 2.53. The second kappa shape index (κ2) is 4.30. The van der Waals surface area contributed by atoms with Crippen molar-refractivity contribution in [3.63, 3.8) is 0 Å². The maximum atomic E-state index is 11.5. The number of hydrogen-bond donors (Lipinski definition) is 3. The van der Waals surface area contributed by atoms with Crippen molar-refractivity contribution in [2.75, 3.05) is 17.6 Å². The Morgan fingerprint density at radius 1 is 1.42 bits per heavy atom. The summed E-state index contributed by atoms with van der Waals surface area (Å²) in [5.74, 6) is 0.345. The van der Waals surface area contributed by atoms with Crippen LogP contribution in [0.5, 0.6) is 0 Å². The van der Waals surface area contributed by atoms with Crippen LogP contribution in [-0.4, -0.2) is 12.5 Å². The minimum atomic E-state index is -0.507. The normalized spacial score (nSPS) is 20.1. The van der Waals surface area contributed by atoms with Crippen LogP contribution in [0.15, 0.2) is 12.1 Å². The third-order valence-electron chi connectivity index (χ3n) is 4.33. The first kappa shape index (κ1) is 12.6. The summed E-state index contributed by atoms with van der Waals surface area (Å²) >= 11 is 6.17. The Labute approximate surface area is 117 Å². The van der Waals surface area contributed by atoms with E-state index in [0.29, 0.717) is 27.4 Å². The molecule has 0 heterocycles. The highest BCUT2D eigenvalue weighted by molar-refractivity contribution is 6.34. The standard InChI is InChI=1S/C14H18ClN3O/c15-11-6-9(16)5-10(13(17)19)12(11)18-7-14(3-4-14)8-1-2-8/h5-6,8,18H,1-4,7,16H2,(H2,17,19). The van der Waals surface area contributed by atoms with Crippen molar-refractivity contribution in [2.24, 2.45) is 17.1 Å². The van der Waals surface area contributed by atoms with E-state index in [9.17, 15) is 4.79 Å². The molecule has 0 aliphatic heterocycles. The van der Waals surface area contributed by atoms with Crippen LogP contribution in [-0.2, 0) is 0 Å². The van der Waals surface area contributed by atoms with Crippen molar-refractivity contribution < 1.29 is 4.79 Å². The van der Waals surface area contributed by atoms with Crippen molar-refractivity contribution in [1.82, 2.24) is 0 Å². The van der Waals surface area contributed by atoms with E-state index in [1.807, 2.05) is 0 Å². The Balaban J connectivity index is 1.81. The largest absolute Gasteiger partial charge is 0.399 e. The average Bonchev–Trinajstić information content (AvgIpc) is 3.20. The van der Waals surface area contributed by atoms with Crippen molar-refractivity contribution in [3.05, 3.63) is 22.7 Å². The summed E-state index contributed by atoms with van der Waals surface area (Å²) in [4.78, 5) is 11.5. The first-order chi connectivity index (χ1) is 9.02. The summed E-state index contributed by atoms with van der Waals surface area (Å²) in [6.07, 6.45) is 5.20. The molecule has 2 aliphatic carbocycles. The fourth-order valence-electron chi connectivity index (χ4n) is 2.85. The number of nitrogens with one attached hydrogen (secondary N) is 1. The molecular weight excluding hydrogens is 262 g/mol. The summed E-state index contributed by atoms with van der Waals surface area (Å²) in [5, 5.41) is 3.78. The molecule has 1 amide bonds. The lowest BCUT2D eigenvalue weighted by Gasteiger charge is -2.18. The average molecular weight is 280 g/mol. The van der Waals surface area contributed by atoms with E-state index in [4.69, 9.17) is 23.1 Å². The number of benzene rings is 1. The van der Waals surface area contributed by atoms with Gasteiger partial charge in [0.2, 0.25) is 0 Å². The quantitative estimate of drug-likeness (QED) is 0.725. The fraction of sp³-hybridized carbons (Fsp3) is 0.500. The third kappa shape index (κ3) is 2.37. The number of amides is 1. The molecule has 102 valence electrons. The summed E-state index contributed by atoms with van der Waals surface area (Å²) in [6.45, 7) is 0.863. The third-order valence-corrected chi connectivity index (χ3v) is 4.63. The van der Waals surface area contributed by atoms with Gasteiger partial charge in [0.1, 0.15) is 0 Å². The topological polar surface area (TPSA) is 81.1 Å². The van der Waals surface area contributed by atoms with E-state index in [1.165, 1.54) is 25.7 Å². The minimum Gasteiger partial charge on any atom is -0.399 e. The monoisotopic (exact) mass is 279 g/mol. The molecule has 0 spiro atoms.